The van der Waals surface area contributed by atoms with Crippen molar-refractivity contribution in [3.63, 3.8) is 0 Å². The van der Waals surface area contributed by atoms with Crippen molar-refractivity contribution in [2.75, 3.05) is 0 Å². The SMILES string of the molecule is Cc1cc2c(cc1-c1cc3c(cc1Cc1ccc4oc5c(-c6nc(-c7ccccc7)nc(-c7ccccc7)n6)cccc5c4c1)C(C)(C)c1ccccc1-3)-c1ccccc1C2(C)C. The number of rotatable bonds is 6. The van der Waals surface area contributed by atoms with Crippen molar-refractivity contribution in [1.29, 1.82) is 0 Å². The van der Waals surface area contributed by atoms with Crippen LogP contribution in [-0.4, -0.2) is 15.0 Å². The molecule has 302 valence electrons. The largest absolute Gasteiger partial charge is 0.455 e. The third-order valence-electron chi connectivity index (χ3n) is 13.9. The van der Waals surface area contributed by atoms with Gasteiger partial charge in [0.25, 0.3) is 0 Å². The Morgan fingerprint density at radius 2 is 0.952 bits per heavy atom. The maximum Gasteiger partial charge on any atom is 0.167 e. The second-order valence-electron chi connectivity index (χ2n) is 18.4. The summed E-state index contributed by atoms with van der Waals surface area (Å²) in [5.74, 6) is 1.82. The zero-order chi connectivity index (χ0) is 42.6. The van der Waals surface area contributed by atoms with Crippen LogP contribution in [0.2, 0.25) is 0 Å². The van der Waals surface area contributed by atoms with Crippen LogP contribution in [0.15, 0.2) is 174 Å². The highest BCUT2D eigenvalue weighted by Crippen LogP contribution is 2.53. The number of hydrogen-bond donors (Lipinski definition) is 0. The number of benzene rings is 8. The van der Waals surface area contributed by atoms with Gasteiger partial charge in [-0.2, -0.15) is 0 Å². The highest BCUT2D eigenvalue weighted by atomic mass is 16.3. The van der Waals surface area contributed by atoms with E-state index in [-0.39, 0.29) is 10.8 Å². The summed E-state index contributed by atoms with van der Waals surface area (Å²) in [7, 11) is 0. The zero-order valence-electron chi connectivity index (χ0n) is 36.1. The zero-order valence-corrected chi connectivity index (χ0v) is 36.1. The average molecular weight is 812 g/mol. The first-order chi connectivity index (χ1) is 30.6. The van der Waals surface area contributed by atoms with Gasteiger partial charge in [0.05, 0.1) is 5.56 Å². The van der Waals surface area contributed by atoms with Crippen molar-refractivity contribution in [1.82, 2.24) is 15.0 Å². The average Bonchev–Trinajstić information content (AvgIpc) is 3.88. The van der Waals surface area contributed by atoms with E-state index >= 15 is 0 Å². The number of fused-ring (bicyclic) bond motifs is 9. The van der Waals surface area contributed by atoms with E-state index in [0.29, 0.717) is 17.5 Å². The van der Waals surface area contributed by atoms with Crippen molar-refractivity contribution >= 4 is 21.9 Å². The van der Waals surface area contributed by atoms with E-state index < -0.39 is 0 Å². The second-order valence-corrected chi connectivity index (χ2v) is 18.4. The molecule has 2 aliphatic rings. The van der Waals surface area contributed by atoms with Crippen LogP contribution in [0.4, 0.5) is 0 Å². The molecule has 12 rings (SSSR count). The Morgan fingerprint density at radius 3 is 1.59 bits per heavy atom. The first kappa shape index (κ1) is 37.3. The lowest BCUT2D eigenvalue weighted by Gasteiger charge is -2.24. The molecule has 0 N–H and O–H groups in total. The minimum Gasteiger partial charge on any atom is -0.455 e. The Hall–Kier alpha value is -7.43. The van der Waals surface area contributed by atoms with E-state index in [0.717, 1.165) is 45.0 Å². The molecule has 0 fully saturated rings. The number of aromatic nitrogens is 3. The first-order valence-electron chi connectivity index (χ1n) is 22.0. The molecule has 0 saturated carbocycles. The van der Waals surface area contributed by atoms with Gasteiger partial charge in [0, 0.05) is 32.7 Å². The van der Waals surface area contributed by atoms with Gasteiger partial charge >= 0.3 is 0 Å². The van der Waals surface area contributed by atoms with Crippen LogP contribution < -0.4 is 0 Å². The third-order valence-corrected chi connectivity index (χ3v) is 13.9. The van der Waals surface area contributed by atoms with Crippen molar-refractivity contribution in [2.45, 2.75) is 51.9 Å². The van der Waals surface area contributed by atoms with Gasteiger partial charge in [0.15, 0.2) is 17.5 Å². The normalized spacial score (nSPS) is 14.1. The standard InChI is InChI=1S/C59H45N3O/c1-35-29-51-46(40-21-12-14-25-49(40)58(51,2)3)33-44(35)45-34-47-41-22-13-15-26-50(41)59(4,5)52(47)32-39(45)30-36-27-28-53-48(31-36)42-23-16-24-43(54(42)63-53)57-61-55(37-17-8-6-9-18-37)60-56(62-57)38-19-10-7-11-20-38/h6-29,31-34H,30H2,1-5H3. The van der Waals surface area contributed by atoms with E-state index in [4.69, 9.17) is 19.4 Å². The van der Waals surface area contributed by atoms with E-state index in [9.17, 15) is 0 Å². The summed E-state index contributed by atoms with van der Waals surface area (Å²) in [6, 6.07) is 61.1. The van der Waals surface area contributed by atoms with Crippen LogP contribution in [0, 0.1) is 6.92 Å². The second kappa shape index (κ2) is 13.8. The highest BCUT2D eigenvalue weighted by Gasteiger charge is 2.38. The smallest absolute Gasteiger partial charge is 0.167 e. The van der Waals surface area contributed by atoms with E-state index in [1.165, 1.54) is 72.3 Å². The predicted molar refractivity (Wildman–Crippen MR) is 258 cm³/mol. The highest BCUT2D eigenvalue weighted by molar-refractivity contribution is 6.09. The van der Waals surface area contributed by atoms with Gasteiger partial charge in [0.2, 0.25) is 0 Å². The molecule has 0 unspecified atom stereocenters. The Kier molecular flexibility index (Phi) is 8.17. The first-order valence-corrected chi connectivity index (χ1v) is 22.0. The fourth-order valence-corrected chi connectivity index (χ4v) is 10.6. The Morgan fingerprint density at radius 1 is 0.413 bits per heavy atom. The molecule has 0 spiro atoms. The number of para-hydroxylation sites is 1. The molecule has 0 bridgehead atoms. The maximum atomic E-state index is 6.75. The van der Waals surface area contributed by atoms with Gasteiger partial charge in [-0.3, -0.25) is 0 Å². The quantitative estimate of drug-likeness (QED) is 0.168. The number of hydrogen-bond acceptors (Lipinski definition) is 4. The van der Waals surface area contributed by atoms with Crippen molar-refractivity contribution in [3.8, 4) is 67.5 Å². The molecule has 0 aliphatic heterocycles. The fraction of sp³-hybridized carbons (Fsp3) is 0.136. The van der Waals surface area contributed by atoms with Crippen LogP contribution in [-0.2, 0) is 17.3 Å². The van der Waals surface area contributed by atoms with Gasteiger partial charge in [-0.05, 0) is 116 Å². The van der Waals surface area contributed by atoms with E-state index in [1.807, 2.05) is 60.7 Å². The molecule has 2 heterocycles. The van der Waals surface area contributed by atoms with Gasteiger partial charge < -0.3 is 4.42 Å². The van der Waals surface area contributed by atoms with E-state index in [2.05, 4.69) is 144 Å². The fourth-order valence-electron chi connectivity index (χ4n) is 10.6. The molecule has 0 saturated heterocycles. The maximum absolute atomic E-state index is 6.75. The molecule has 2 aliphatic carbocycles. The lowest BCUT2D eigenvalue weighted by molar-refractivity contribution is 0.659. The summed E-state index contributed by atoms with van der Waals surface area (Å²) in [4.78, 5) is 15.0. The monoisotopic (exact) mass is 811 g/mol. The lowest BCUT2D eigenvalue weighted by Crippen LogP contribution is -2.15. The van der Waals surface area contributed by atoms with Crippen LogP contribution in [0.25, 0.3) is 89.5 Å². The summed E-state index contributed by atoms with van der Waals surface area (Å²) in [6.45, 7) is 11.8. The molecule has 8 aromatic carbocycles. The number of furan rings is 1. The Labute approximate surface area is 368 Å². The topological polar surface area (TPSA) is 51.8 Å². The summed E-state index contributed by atoms with van der Waals surface area (Å²) in [5.41, 5.74) is 21.5. The molecule has 0 radical (unpaired) electrons. The molecule has 0 amide bonds. The van der Waals surface area contributed by atoms with Crippen LogP contribution >= 0.6 is 0 Å². The molecule has 10 aromatic rings. The summed E-state index contributed by atoms with van der Waals surface area (Å²) >= 11 is 0. The minimum absolute atomic E-state index is 0.0561. The Balaban J connectivity index is 1.01. The van der Waals surface area contributed by atoms with Gasteiger partial charge in [0.1, 0.15) is 11.2 Å². The summed E-state index contributed by atoms with van der Waals surface area (Å²) < 4.78 is 6.75. The molecule has 4 heteroatoms. The van der Waals surface area contributed by atoms with Crippen molar-refractivity contribution < 1.29 is 4.42 Å². The predicted octanol–water partition coefficient (Wildman–Crippen LogP) is 15.0. The molecule has 63 heavy (non-hydrogen) atoms. The molecule has 4 nitrogen and oxygen atoms in total. The van der Waals surface area contributed by atoms with Crippen molar-refractivity contribution in [2.24, 2.45) is 0 Å². The van der Waals surface area contributed by atoms with Gasteiger partial charge in [-0.15, -0.1) is 0 Å². The molecule has 0 atom stereocenters. The lowest BCUT2D eigenvalue weighted by atomic mass is 9.79. The van der Waals surface area contributed by atoms with Crippen LogP contribution in [0.1, 0.15) is 66.6 Å². The summed E-state index contributed by atoms with van der Waals surface area (Å²) in [6.07, 6.45) is 0.768. The Bertz CT molecular complexity index is 3430. The minimum atomic E-state index is -0.119. The molecular weight excluding hydrogens is 767 g/mol. The third kappa shape index (κ3) is 5.78. The molecular formula is C59H45N3O. The van der Waals surface area contributed by atoms with E-state index in [1.54, 1.807) is 0 Å². The molecule has 2 aromatic heterocycles. The number of aryl methyl sites for hydroxylation is 1. The summed E-state index contributed by atoms with van der Waals surface area (Å²) in [5, 5.41) is 2.11. The number of nitrogens with zero attached hydrogens (tertiary/aromatic N) is 3. The van der Waals surface area contributed by atoms with Gasteiger partial charge in [-0.25, -0.2) is 15.0 Å². The van der Waals surface area contributed by atoms with Crippen LogP contribution in [0.5, 0.6) is 0 Å². The van der Waals surface area contributed by atoms with Crippen molar-refractivity contribution in [3.05, 3.63) is 209 Å². The van der Waals surface area contributed by atoms with Crippen LogP contribution in [0.3, 0.4) is 0 Å². The van der Waals surface area contributed by atoms with Gasteiger partial charge in [-0.1, -0.05) is 167 Å².